The van der Waals surface area contributed by atoms with Crippen LogP contribution in [0.5, 0.6) is 5.88 Å². The molecule has 0 saturated carbocycles. The van der Waals surface area contributed by atoms with Gasteiger partial charge in [-0.1, -0.05) is 6.07 Å². The lowest BCUT2D eigenvalue weighted by molar-refractivity contribution is 0.0171. The number of aliphatic hydroxyl groups excluding tert-OH is 1. The number of nitrogens with zero attached hydrogens (tertiary/aromatic N) is 1. The number of benzene rings is 1. The van der Waals surface area contributed by atoms with E-state index in [0.29, 0.717) is 16.8 Å². The van der Waals surface area contributed by atoms with Crippen molar-refractivity contribution in [3.05, 3.63) is 35.9 Å². The summed E-state index contributed by atoms with van der Waals surface area (Å²) in [6.45, 7) is -1.47. The fourth-order valence-corrected chi connectivity index (χ4v) is 1.89. The number of aromatic nitrogens is 1. The van der Waals surface area contributed by atoms with E-state index in [4.69, 9.17) is 4.74 Å². The molecule has 1 aromatic heterocycles. The van der Waals surface area contributed by atoms with Crippen molar-refractivity contribution in [1.29, 1.82) is 0 Å². The second kappa shape index (κ2) is 6.09. The highest BCUT2D eigenvalue weighted by molar-refractivity contribution is 5.79. The van der Waals surface area contributed by atoms with Gasteiger partial charge in [-0.05, 0) is 23.8 Å². The Balaban J connectivity index is 2.31. The van der Waals surface area contributed by atoms with Gasteiger partial charge >= 0.3 is 0 Å². The van der Waals surface area contributed by atoms with Gasteiger partial charge in [0.1, 0.15) is 12.8 Å². The molecule has 108 valence electrons. The van der Waals surface area contributed by atoms with E-state index in [2.05, 4.69) is 4.98 Å². The Kier molecular flexibility index (Phi) is 4.44. The number of fused-ring (bicyclic) bond motifs is 1. The maximum Gasteiger partial charge on any atom is 0.213 e. The molecule has 0 aliphatic heterocycles. The molecule has 0 radical (unpaired) electrons. The van der Waals surface area contributed by atoms with E-state index < -0.39 is 25.1 Å². The average molecular weight is 285 g/mol. The smallest absolute Gasteiger partial charge is 0.213 e. The van der Waals surface area contributed by atoms with E-state index in [1.165, 1.54) is 19.2 Å². The molecule has 20 heavy (non-hydrogen) atoms. The van der Waals surface area contributed by atoms with Gasteiger partial charge in [0.05, 0.1) is 12.6 Å². The molecule has 0 aliphatic carbocycles. The summed E-state index contributed by atoms with van der Waals surface area (Å²) in [5, 5.41) is 10.4. The molecule has 3 unspecified atom stereocenters. The summed E-state index contributed by atoms with van der Waals surface area (Å²) in [6, 6.07) is 7.78. The molecule has 2 aromatic rings. The van der Waals surface area contributed by atoms with E-state index in [-0.39, 0.29) is 5.56 Å². The zero-order valence-corrected chi connectivity index (χ0v) is 10.8. The number of ether oxygens (including phenoxy) is 1. The van der Waals surface area contributed by atoms with Crippen molar-refractivity contribution in [3.8, 4) is 5.88 Å². The van der Waals surface area contributed by atoms with Crippen LogP contribution in [0.1, 0.15) is 11.7 Å². The van der Waals surface area contributed by atoms with E-state index in [1.54, 1.807) is 18.2 Å². The predicted molar refractivity (Wildman–Crippen MR) is 69.0 cm³/mol. The lowest BCUT2D eigenvalue weighted by Gasteiger charge is -2.18. The van der Waals surface area contributed by atoms with Gasteiger partial charge < -0.3 is 9.84 Å². The summed E-state index contributed by atoms with van der Waals surface area (Å²) in [4.78, 5) is 4.16. The Morgan fingerprint density at radius 2 is 2.00 bits per heavy atom. The molecule has 6 heteroatoms. The van der Waals surface area contributed by atoms with Crippen LogP contribution in [0.2, 0.25) is 0 Å². The SMILES string of the molecule is COc1ccc2cc(C(O)C(F)C(F)CF)ccc2n1. The predicted octanol–water partition coefficient (Wildman–Crippen LogP) is 2.92. The molecular formula is C14H14F3NO2. The van der Waals surface area contributed by atoms with Crippen LogP contribution in [-0.4, -0.2) is 36.2 Å². The highest BCUT2D eigenvalue weighted by Crippen LogP contribution is 2.27. The molecule has 2 rings (SSSR count). The van der Waals surface area contributed by atoms with Crippen molar-refractivity contribution >= 4 is 10.9 Å². The van der Waals surface area contributed by atoms with Gasteiger partial charge in [-0.15, -0.1) is 0 Å². The number of alkyl halides is 3. The van der Waals surface area contributed by atoms with Gasteiger partial charge in [-0.2, -0.15) is 0 Å². The van der Waals surface area contributed by atoms with Crippen molar-refractivity contribution in [2.45, 2.75) is 18.4 Å². The van der Waals surface area contributed by atoms with E-state index >= 15 is 0 Å². The second-order valence-electron chi connectivity index (χ2n) is 4.37. The molecule has 0 fully saturated rings. The van der Waals surface area contributed by atoms with Crippen LogP contribution in [0.25, 0.3) is 10.9 Å². The van der Waals surface area contributed by atoms with Crippen molar-refractivity contribution < 1.29 is 23.0 Å². The third-order valence-corrected chi connectivity index (χ3v) is 3.03. The van der Waals surface area contributed by atoms with E-state index in [1.807, 2.05) is 0 Å². The Morgan fingerprint density at radius 3 is 2.65 bits per heavy atom. The van der Waals surface area contributed by atoms with Crippen LogP contribution in [0.3, 0.4) is 0 Å². The third kappa shape index (κ3) is 2.85. The monoisotopic (exact) mass is 285 g/mol. The number of rotatable bonds is 5. The highest BCUT2D eigenvalue weighted by Gasteiger charge is 2.29. The first kappa shape index (κ1) is 14.6. The number of aliphatic hydroxyl groups is 1. The molecule has 1 aromatic carbocycles. The third-order valence-electron chi connectivity index (χ3n) is 3.03. The van der Waals surface area contributed by atoms with Crippen molar-refractivity contribution in [2.75, 3.05) is 13.8 Å². The van der Waals surface area contributed by atoms with Gasteiger partial charge in [-0.25, -0.2) is 18.2 Å². The molecule has 1 N–H and O–H groups in total. The molecule has 0 aliphatic rings. The minimum Gasteiger partial charge on any atom is -0.481 e. The molecule has 0 saturated heterocycles. The first-order valence-corrected chi connectivity index (χ1v) is 6.03. The Bertz CT molecular complexity index is 594. The second-order valence-corrected chi connectivity index (χ2v) is 4.37. The lowest BCUT2D eigenvalue weighted by Crippen LogP contribution is -2.26. The highest BCUT2D eigenvalue weighted by atomic mass is 19.2. The zero-order chi connectivity index (χ0) is 14.7. The summed E-state index contributed by atoms with van der Waals surface area (Å²) in [6.07, 6.45) is -6.36. The summed E-state index contributed by atoms with van der Waals surface area (Å²) in [5.41, 5.74) is 0.770. The zero-order valence-electron chi connectivity index (χ0n) is 10.8. The van der Waals surface area contributed by atoms with Gasteiger partial charge in [0.2, 0.25) is 5.88 Å². The quantitative estimate of drug-likeness (QED) is 0.918. The lowest BCUT2D eigenvalue weighted by atomic mass is 10.0. The van der Waals surface area contributed by atoms with Crippen LogP contribution in [0.15, 0.2) is 30.3 Å². The first-order chi connectivity index (χ1) is 9.56. The summed E-state index contributed by atoms with van der Waals surface area (Å²) in [7, 11) is 1.48. The standard InChI is InChI=1S/C14H14F3NO2/c1-20-12-5-3-8-6-9(2-4-11(8)18-12)14(19)13(17)10(16)7-15/h2-6,10,13-14,19H,7H2,1H3. The van der Waals surface area contributed by atoms with Crippen molar-refractivity contribution in [1.82, 2.24) is 4.98 Å². The van der Waals surface area contributed by atoms with E-state index in [0.717, 1.165) is 0 Å². The Morgan fingerprint density at radius 1 is 1.25 bits per heavy atom. The molecule has 0 bridgehead atoms. The van der Waals surface area contributed by atoms with E-state index in [9.17, 15) is 18.3 Å². The van der Waals surface area contributed by atoms with Crippen LogP contribution >= 0.6 is 0 Å². The summed E-state index contributed by atoms with van der Waals surface area (Å²) < 4.78 is 43.5. The maximum atomic E-state index is 13.5. The van der Waals surface area contributed by atoms with Gasteiger partial charge in [0.15, 0.2) is 12.3 Å². The largest absolute Gasteiger partial charge is 0.481 e. The van der Waals surface area contributed by atoms with Crippen molar-refractivity contribution in [2.24, 2.45) is 0 Å². The van der Waals surface area contributed by atoms with Crippen LogP contribution < -0.4 is 4.74 Å². The molecule has 0 spiro atoms. The normalized spacial score (nSPS) is 15.8. The number of hydrogen-bond acceptors (Lipinski definition) is 3. The number of pyridine rings is 1. The topological polar surface area (TPSA) is 42.4 Å². The number of methoxy groups -OCH3 is 1. The molecule has 0 amide bonds. The van der Waals surface area contributed by atoms with Crippen LogP contribution in [-0.2, 0) is 0 Å². The Labute approximate surface area is 114 Å². The van der Waals surface area contributed by atoms with Crippen LogP contribution in [0.4, 0.5) is 13.2 Å². The average Bonchev–Trinajstić information content (AvgIpc) is 2.51. The molecule has 3 nitrogen and oxygen atoms in total. The van der Waals surface area contributed by atoms with Gasteiger partial charge in [0, 0.05) is 11.5 Å². The fraction of sp³-hybridized carbons (Fsp3) is 0.357. The summed E-state index contributed by atoms with van der Waals surface area (Å²) in [5.74, 6) is 0.426. The minimum atomic E-state index is -2.34. The van der Waals surface area contributed by atoms with Crippen LogP contribution in [0, 0.1) is 0 Å². The fourth-order valence-electron chi connectivity index (χ4n) is 1.89. The molecule has 1 heterocycles. The number of halogens is 3. The molecular weight excluding hydrogens is 271 g/mol. The summed E-state index contributed by atoms with van der Waals surface area (Å²) >= 11 is 0. The minimum absolute atomic E-state index is 0.174. The molecule has 3 atom stereocenters. The Hall–Kier alpha value is -1.82. The van der Waals surface area contributed by atoms with Gasteiger partial charge in [0.25, 0.3) is 0 Å². The van der Waals surface area contributed by atoms with Gasteiger partial charge in [-0.3, -0.25) is 0 Å². The van der Waals surface area contributed by atoms with Crippen molar-refractivity contribution in [3.63, 3.8) is 0 Å². The first-order valence-electron chi connectivity index (χ1n) is 6.03. The number of hydrogen-bond donors (Lipinski definition) is 1. The maximum absolute atomic E-state index is 13.5.